The van der Waals surface area contributed by atoms with Crippen molar-refractivity contribution >= 4 is 21.3 Å². The molecule has 1 aromatic rings. The maximum absolute atomic E-state index is 11.4. The van der Waals surface area contributed by atoms with Crippen LogP contribution in [-0.2, 0) is 9.84 Å². The van der Waals surface area contributed by atoms with Gasteiger partial charge in [-0.25, -0.2) is 8.42 Å². The summed E-state index contributed by atoms with van der Waals surface area (Å²) in [5.41, 5.74) is -0.209. The number of hydrogen-bond donors (Lipinski definition) is 0. The molecule has 0 radical (unpaired) electrons. The molecule has 1 rings (SSSR count). The molecule has 1 aromatic carbocycles. The Morgan fingerprint density at radius 1 is 1.44 bits per heavy atom. The van der Waals surface area contributed by atoms with Gasteiger partial charge < -0.3 is 0 Å². The predicted molar refractivity (Wildman–Crippen MR) is 57.1 cm³/mol. The van der Waals surface area contributed by atoms with Gasteiger partial charge >= 0.3 is 0 Å². The molecule has 0 fully saturated rings. The molecular formula is C9H9NO5S. The number of nitro benzene ring substituents is 1. The number of hydrogen-bond acceptors (Lipinski definition) is 5. The molecule has 0 saturated heterocycles. The lowest BCUT2D eigenvalue weighted by atomic mass is 10.1. The molecule has 0 aromatic heterocycles. The van der Waals surface area contributed by atoms with Crippen LogP contribution >= 0.6 is 0 Å². The highest BCUT2D eigenvalue weighted by atomic mass is 32.2. The zero-order valence-electron chi connectivity index (χ0n) is 8.41. The first-order chi connectivity index (χ1) is 7.29. The first-order valence-corrected chi connectivity index (χ1v) is 6.31. The van der Waals surface area contributed by atoms with Gasteiger partial charge in [-0.3, -0.25) is 14.9 Å². The molecule has 0 heterocycles. The third kappa shape index (κ3) is 3.43. The van der Waals surface area contributed by atoms with E-state index in [1.54, 1.807) is 0 Å². The summed E-state index contributed by atoms with van der Waals surface area (Å²) in [7, 11) is -3.42. The molecule has 0 amide bonds. The molecule has 7 heteroatoms. The summed E-state index contributed by atoms with van der Waals surface area (Å²) >= 11 is 0. The SMILES string of the molecule is CS(=O)(=O)CC(=O)c1cccc([N+](=O)[O-])c1. The van der Waals surface area contributed by atoms with Crippen LogP contribution in [0.4, 0.5) is 5.69 Å². The lowest BCUT2D eigenvalue weighted by Gasteiger charge is -1.99. The maximum Gasteiger partial charge on any atom is 0.270 e. The Hall–Kier alpha value is -1.76. The van der Waals surface area contributed by atoms with Gasteiger partial charge in [-0.2, -0.15) is 0 Å². The van der Waals surface area contributed by atoms with Gasteiger partial charge in [0.2, 0.25) is 0 Å². The second kappa shape index (κ2) is 4.40. The fourth-order valence-electron chi connectivity index (χ4n) is 1.11. The lowest BCUT2D eigenvalue weighted by Crippen LogP contribution is -2.14. The smallest absolute Gasteiger partial charge is 0.270 e. The van der Waals surface area contributed by atoms with Gasteiger partial charge in [0.05, 0.1) is 4.92 Å². The summed E-state index contributed by atoms with van der Waals surface area (Å²) < 4.78 is 21.8. The monoisotopic (exact) mass is 243 g/mol. The van der Waals surface area contributed by atoms with Crippen LogP contribution in [0.15, 0.2) is 24.3 Å². The normalized spacial score (nSPS) is 11.1. The lowest BCUT2D eigenvalue weighted by molar-refractivity contribution is -0.384. The van der Waals surface area contributed by atoms with Gasteiger partial charge in [0, 0.05) is 24.0 Å². The summed E-state index contributed by atoms with van der Waals surface area (Å²) in [4.78, 5) is 21.2. The van der Waals surface area contributed by atoms with E-state index in [4.69, 9.17) is 0 Å². The van der Waals surface area contributed by atoms with Gasteiger partial charge in [0.15, 0.2) is 15.6 Å². The van der Waals surface area contributed by atoms with E-state index in [0.717, 1.165) is 12.3 Å². The van der Waals surface area contributed by atoms with E-state index >= 15 is 0 Å². The molecule has 0 aliphatic heterocycles. The molecule has 0 spiro atoms. The standard InChI is InChI=1S/C9H9NO5S/c1-16(14,15)6-9(11)7-3-2-4-8(5-7)10(12)13/h2-5H,6H2,1H3. The maximum atomic E-state index is 11.4. The number of non-ortho nitro benzene ring substituents is 1. The van der Waals surface area contributed by atoms with Crippen molar-refractivity contribution in [3.63, 3.8) is 0 Å². The van der Waals surface area contributed by atoms with Crippen LogP contribution < -0.4 is 0 Å². The number of nitro groups is 1. The average Bonchev–Trinajstić information content (AvgIpc) is 2.15. The summed E-state index contributed by atoms with van der Waals surface area (Å²) in [6.45, 7) is 0. The summed E-state index contributed by atoms with van der Waals surface area (Å²) in [6.07, 6.45) is 0.933. The number of carbonyl (C=O) groups is 1. The minimum atomic E-state index is -3.42. The minimum Gasteiger partial charge on any atom is -0.293 e. The second-order valence-corrected chi connectivity index (χ2v) is 5.44. The molecule has 0 aliphatic carbocycles. The van der Waals surface area contributed by atoms with E-state index in [0.29, 0.717) is 0 Å². The van der Waals surface area contributed by atoms with Crippen LogP contribution in [0.1, 0.15) is 10.4 Å². The third-order valence-electron chi connectivity index (χ3n) is 1.77. The Kier molecular flexibility index (Phi) is 3.38. The van der Waals surface area contributed by atoms with Crippen molar-refractivity contribution in [2.24, 2.45) is 0 Å². The van der Waals surface area contributed by atoms with E-state index in [9.17, 15) is 23.3 Å². The Morgan fingerprint density at radius 2 is 2.06 bits per heavy atom. The Morgan fingerprint density at radius 3 is 2.56 bits per heavy atom. The van der Waals surface area contributed by atoms with E-state index < -0.39 is 26.3 Å². The third-order valence-corrected chi connectivity index (χ3v) is 2.56. The average molecular weight is 243 g/mol. The van der Waals surface area contributed by atoms with Crippen LogP contribution in [0.3, 0.4) is 0 Å². The number of benzene rings is 1. The second-order valence-electron chi connectivity index (χ2n) is 3.30. The molecule has 0 saturated carbocycles. The van der Waals surface area contributed by atoms with Crippen LogP contribution in [0, 0.1) is 10.1 Å². The highest BCUT2D eigenvalue weighted by Crippen LogP contribution is 2.13. The van der Waals surface area contributed by atoms with Crippen molar-refractivity contribution < 1.29 is 18.1 Å². The van der Waals surface area contributed by atoms with Crippen molar-refractivity contribution in [3.8, 4) is 0 Å². The van der Waals surface area contributed by atoms with Crippen LogP contribution in [0.25, 0.3) is 0 Å². The molecule has 0 atom stereocenters. The van der Waals surface area contributed by atoms with Gasteiger partial charge in [-0.1, -0.05) is 12.1 Å². The van der Waals surface area contributed by atoms with Crippen molar-refractivity contribution in [3.05, 3.63) is 39.9 Å². The molecule has 16 heavy (non-hydrogen) atoms. The molecule has 6 nitrogen and oxygen atoms in total. The Labute approximate surface area is 92.0 Å². The predicted octanol–water partition coefficient (Wildman–Crippen LogP) is 0.822. The van der Waals surface area contributed by atoms with Gasteiger partial charge in [-0.05, 0) is 0 Å². The molecule has 0 bridgehead atoms. The number of Topliss-reactive ketones (excluding diaryl/α,β-unsaturated/α-hetero) is 1. The van der Waals surface area contributed by atoms with Crippen molar-refractivity contribution in [2.75, 3.05) is 12.0 Å². The largest absolute Gasteiger partial charge is 0.293 e. The van der Waals surface area contributed by atoms with Gasteiger partial charge in [0.1, 0.15) is 5.75 Å². The number of carbonyl (C=O) groups excluding carboxylic acids is 1. The zero-order chi connectivity index (χ0) is 12.3. The minimum absolute atomic E-state index is 0.0274. The summed E-state index contributed by atoms with van der Waals surface area (Å²) in [5, 5.41) is 10.4. The van der Waals surface area contributed by atoms with E-state index in [-0.39, 0.29) is 11.3 Å². The van der Waals surface area contributed by atoms with E-state index in [1.165, 1.54) is 18.2 Å². The fraction of sp³-hybridized carbons (Fsp3) is 0.222. The Bertz CT molecular complexity index is 535. The summed E-state index contributed by atoms with van der Waals surface area (Å²) in [5.74, 6) is -1.29. The molecule has 86 valence electrons. The van der Waals surface area contributed by atoms with E-state index in [2.05, 4.69) is 0 Å². The Balaban J connectivity index is 3.01. The van der Waals surface area contributed by atoms with E-state index in [1.807, 2.05) is 0 Å². The number of ketones is 1. The number of sulfone groups is 1. The van der Waals surface area contributed by atoms with Crippen LogP contribution in [0.5, 0.6) is 0 Å². The highest BCUT2D eigenvalue weighted by molar-refractivity contribution is 7.91. The number of nitrogens with zero attached hydrogens (tertiary/aromatic N) is 1. The topological polar surface area (TPSA) is 94.3 Å². The molecule has 0 aliphatic rings. The van der Waals surface area contributed by atoms with Crippen LogP contribution in [0.2, 0.25) is 0 Å². The molecule has 0 N–H and O–H groups in total. The van der Waals surface area contributed by atoms with Crippen LogP contribution in [-0.4, -0.2) is 31.1 Å². The van der Waals surface area contributed by atoms with Crippen molar-refractivity contribution in [1.82, 2.24) is 0 Å². The first-order valence-electron chi connectivity index (χ1n) is 4.25. The van der Waals surface area contributed by atoms with Crippen molar-refractivity contribution in [2.45, 2.75) is 0 Å². The quantitative estimate of drug-likeness (QED) is 0.443. The first kappa shape index (κ1) is 12.3. The number of rotatable bonds is 4. The highest BCUT2D eigenvalue weighted by Gasteiger charge is 2.15. The molecular weight excluding hydrogens is 234 g/mol. The molecule has 0 unspecified atom stereocenters. The zero-order valence-corrected chi connectivity index (χ0v) is 9.23. The fourth-order valence-corrected chi connectivity index (χ4v) is 1.76. The van der Waals surface area contributed by atoms with Gasteiger partial charge in [-0.15, -0.1) is 0 Å². The van der Waals surface area contributed by atoms with Gasteiger partial charge in [0.25, 0.3) is 5.69 Å². The van der Waals surface area contributed by atoms with Crippen molar-refractivity contribution in [1.29, 1.82) is 0 Å². The summed E-state index contributed by atoms with van der Waals surface area (Å²) in [6, 6.07) is 4.99.